The Labute approximate surface area is 84.2 Å². The van der Waals surface area contributed by atoms with Crippen LogP contribution in [0.5, 0.6) is 0 Å². The summed E-state index contributed by atoms with van der Waals surface area (Å²) in [5.41, 5.74) is 5.24. The maximum Gasteiger partial charge on any atom is 0.223 e. The standard InChI is InChI=1S/C10H18N2O2/c1-2-7(9(11)13)6-8-4-3-5-12-10(8)14/h7-8H,2-6H2,1H3,(H2,11,13)(H,12,14). The maximum atomic E-state index is 11.4. The van der Waals surface area contributed by atoms with Crippen molar-refractivity contribution in [3.05, 3.63) is 0 Å². The molecule has 2 amide bonds. The number of rotatable bonds is 4. The van der Waals surface area contributed by atoms with Crippen LogP contribution in [0, 0.1) is 11.8 Å². The van der Waals surface area contributed by atoms with Crippen LogP contribution >= 0.6 is 0 Å². The minimum atomic E-state index is -0.286. The normalized spacial score (nSPS) is 24.1. The van der Waals surface area contributed by atoms with E-state index in [9.17, 15) is 9.59 Å². The molecule has 4 nitrogen and oxygen atoms in total. The fraction of sp³-hybridized carbons (Fsp3) is 0.800. The average Bonchev–Trinajstić information content (AvgIpc) is 2.16. The summed E-state index contributed by atoms with van der Waals surface area (Å²) in [5, 5.41) is 2.81. The molecule has 0 radical (unpaired) electrons. The Kier molecular flexibility index (Phi) is 3.92. The molecule has 3 N–H and O–H groups in total. The van der Waals surface area contributed by atoms with E-state index in [2.05, 4.69) is 5.32 Å². The third kappa shape index (κ3) is 2.72. The number of nitrogens with two attached hydrogens (primary N) is 1. The lowest BCUT2D eigenvalue weighted by Gasteiger charge is -2.24. The van der Waals surface area contributed by atoms with Crippen molar-refractivity contribution in [2.45, 2.75) is 32.6 Å². The van der Waals surface area contributed by atoms with Crippen LogP contribution in [0.3, 0.4) is 0 Å². The van der Waals surface area contributed by atoms with Crippen molar-refractivity contribution < 1.29 is 9.59 Å². The molecule has 0 aliphatic carbocycles. The zero-order valence-corrected chi connectivity index (χ0v) is 8.58. The summed E-state index contributed by atoms with van der Waals surface area (Å²) < 4.78 is 0. The van der Waals surface area contributed by atoms with Gasteiger partial charge in [-0.1, -0.05) is 6.92 Å². The van der Waals surface area contributed by atoms with E-state index in [1.54, 1.807) is 0 Å². The number of hydrogen-bond donors (Lipinski definition) is 2. The van der Waals surface area contributed by atoms with Gasteiger partial charge in [0.15, 0.2) is 0 Å². The SMILES string of the molecule is CCC(CC1CCCNC1=O)C(N)=O. The van der Waals surface area contributed by atoms with Crippen LogP contribution in [0.15, 0.2) is 0 Å². The number of carbonyl (C=O) groups is 2. The highest BCUT2D eigenvalue weighted by Gasteiger charge is 2.26. The molecule has 1 heterocycles. The van der Waals surface area contributed by atoms with E-state index >= 15 is 0 Å². The molecule has 2 atom stereocenters. The molecule has 0 aromatic carbocycles. The quantitative estimate of drug-likeness (QED) is 0.687. The third-order valence-electron chi connectivity index (χ3n) is 2.86. The van der Waals surface area contributed by atoms with Crippen molar-refractivity contribution >= 4 is 11.8 Å². The molecule has 0 saturated carbocycles. The predicted molar refractivity (Wildman–Crippen MR) is 53.3 cm³/mol. The third-order valence-corrected chi connectivity index (χ3v) is 2.86. The summed E-state index contributed by atoms with van der Waals surface area (Å²) in [6, 6.07) is 0. The molecular weight excluding hydrogens is 180 g/mol. The second-order valence-corrected chi connectivity index (χ2v) is 3.87. The van der Waals surface area contributed by atoms with Crippen LogP contribution in [0.25, 0.3) is 0 Å². The summed E-state index contributed by atoms with van der Waals surface area (Å²) in [6.45, 7) is 2.69. The fourth-order valence-corrected chi connectivity index (χ4v) is 1.89. The fourth-order valence-electron chi connectivity index (χ4n) is 1.89. The highest BCUT2D eigenvalue weighted by Crippen LogP contribution is 2.22. The Morgan fingerprint density at radius 3 is 2.93 bits per heavy atom. The van der Waals surface area contributed by atoms with E-state index in [1.807, 2.05) is 6.92 Å². The monoisotopic (exact) mass is 198 g/mol. The number of nitrogens with one attached hydrogen (secondary N) is 1. The Morgan fingerprint density at radius 2 is 2.43 bits per heavy atom. The van der Waals surface area contributed by atoms with Gasteiger partial charge in [-0.2, -0.15) is 0 Å². The molecule has 0 aromatic heterocycles. The smallest absolute Gasteiger partial charge is 0.223 e. The van der Waals surface area contributed by atoms with Gasteiger partial charge in [-0.25, -0.2) is 0 Å². The number of primary amides is 1. The Morgan fingerprint density at radius 1 is 1.71 bits per heavy atom. The van der Waals surface area contributed by atoms with Gasteiger partial charge in [-0.15, -0.1) is 0 Å². The van der Waals surface area contributed by atoms with Crippen LogP contribution in [-0.2, 0) is 9.59 Å². The first kappa shape index (κ1) is 11.0. The summed E-state index contributed by atoms with van der Waals surface area (Å²) >= 11 is 0. The Hall–Kier alpha value is -1.06. The lowest BCUT2D eigenvalue weighted by molar-refractivity contribution is -0.128. The van der Waals surface area contributed by atoms with Crippen molar-refractivity contribution in [2.24, 2.45) is 17.6 Å². The molecule has 14 heavy (non-hydrogen) atoms. The number of piperidine rings is 1. The number of hydrogen-bond acceptors (Lipinski definition) is 2. The molecule has 1 aliphatic rings. The first-order valence-electron chi connectivity index (χ1n) is 5.22. The largest absolute Gasteiger partial charge is 0.369 e. The first-order valence-corrected chi connectivity index (χ1v) is 5.22. The molecule has 4 heteroatoms. The van der Waals surface area contributed by atoms with Gasteiger partial charge in [0.25, 0.3) is 0 Å². The first-order chi connectivity index (χ1) is 6.65. The van der Waals surface area contributed by atoms with Gasteiger partial charge in [0.05, 0.1) is 0 Å². The number of amides is 2. The van der Waals surface area contributed by atoms with Gasteiger partial charge in [0.2, 0.25) is 11.8 Å². The van der Waals surface area contributed by atoms with E-state index in [1.165, 1.54) is 0 Å². The summed E-state index contributed by atoms with van der Waals surface area (Å²) in [6.07, 6.45) is 3.22. The van der Waals surface area contributed by atoms with Crippen LogP contribution in [0.2, 0.25) is 0 Å². The van der Waals surface area contributed by atoms with Crippen LogP contribution in [-0.4, -0.2) is 18.4 Å². The molecule has 80 valence electrons. The lowest BCUT2D eigenvalue weighted by Crippen LogP contribution is -2.38. The van der Waals surface area contributed by atoms with Gasteiger partial charge in [0, 0.05) is 18.4 Å². The van der Waals surface area contributed by atoms with E-state index < -0.39 is 0 Å². The van der Waals surface area contributed by atoms with Gasteiger partial charge < -0.3 is 11.1 Å². The molecule has 1 saturated heterocycles. The van der Waals surface area contributed by atoms with Crippen molar-refractivity contribution in [1.82, 2.24) is 5.32 Å². The topological polar surface area (TPSA) is 72.2 Å². The van der Waals surface area contributed by atoms with Gasteiger partial charge in [0.1, 0.15) is 0 Å². The van der Waals surface area contributed by atoms with Crippen molar-refractivity contribution in [1.29, 1.82) is 0 Å². The zero-order chi connectivity index (χ0) is 10.6. The minimum absolute atomic E-state index is 0.0128. The summed E-state index contributed by atoms with van der Waals surface area (Å²) in [5.74, 6) is -0.369. The molecule has 0 spiro atoms. The molecule has 1 rings (SSSR count). The average molecular weight is 198 g/mol. The summed E-state index contributed by atoms with van der Waals surface area (Å²) in [7, 11) is 0. The number of carbonyl (C=O) groups excluding carboxylic acids is 2. The predicted octanol–water partition coefficient (Wildman–Crippen LogP) is 0.414. The Balaban J connectivity index is 2.48. The van der Waals surface area contributed by atoms with Crippen molar-refractivity contribution in [2.75, 3.05) is 6.54 Å². The van der Waals surface area contributed by atoms with Gasteiger partial charge in [-0.05, 0) is 25.7 Å². The van der Waals surface area contributed by atoms with E-state index in [0.29, 0.717) is 6.42 Å². The molecule has 0 bridgehead atoms. The van der Waals surface area contributed by atoms with Gasteiger partial charge in [-0.3, -0.25) is 9.59 Å². The van der Waals surface area contributed by atoms with E-state index in [0.717, 1.165) is 25.8 Å². The second-order valence-electron chi connectivity index (χ2n) is 3.87. The van der Waals surface area contributed by atoms with Crippen LogP contribution < -0.4 is 11.1 Å². The second kappa shape index (κ2) is 4.98. The van der Waals surface area contributed by atoms with E-state index in [-0.39, 0.29) is 23.7 Å². The highest BCUT2D eigenvalue weighted by atomic mass is 16.2. The zero-order valence-electron chi connectivity index (χ0n) is 8.58. The lowest BCUT2D eigenvalue weighted by atomic mass is 9.87. The maximum absolute atomic E-state index is 11.4. The minimum Gasteiger partial charge on any atom is -0.369 e. The van der Waals surface area contributed by atoms with Crippen LogP contribution in [0.4, 0.5) is 0 Å². The molecule has 2 unspecified atom stereocenters. The highest BCUT2D eigenvalue weighted by molar-refractivity contribution is 5.81. The Bertz CT molecular complexity index is 228. The van der Waals surface area contributed by atoms with Crippen molar-refractivity contribution in [3.63, 3.8) is 0 Å². The van der Waals surface area contributed by atoms with E-state index in [4.69, 9.17) is 5.73 Å². The summed E-state index contributed by atoms with van der Waals surface area (Å²) in [4.78, 5) is 22.4. The van der Waals surface area contributed by atoms with Gasteiger partial charge >= 0.3 is 0 Å². The molecule has 0 aromatic rings. The molecular formula is C10H18N2O2. The molecule has 1 fully saturated rings. The van der Waals surface area contributed by atoms with Crippen molar-refractivity contribution in [3.8, 4) is 0 Å². The van der Waals surface area contributed by atoms with Crippen LogP contribution in [0.1, 0.15) is 32.6 Å². The molecule has 1 aliphatic heterocycles.